The van der Waals surface area contributed by atoms with Crippen molar-refractivity contribution in [3.05, 3.63) is 94.6 Å². The van der Waals surface area contributed by atoms with E-state index in [-0.39, 0.29) is 23.4 Å². The molecule has 0 unspecified atom stereocenters. The summed E-state index contributed by atoms with van der Waals surface area (Å²) in [4.78, 5) is 36.0. The zero-order chi connectivity index (χ0) is 28.5. The van der Waals surface area contributed by atoms with Crippen molar-refractivity contribution in [1.82, 2.24) is 34.5 Å². The molecule has 2 bridgehead atoms. The summed E-state index contributed by atoms with van der Waals surface area (Å²) in [6, 6.07) is 12.3. The van der Waals surface area contributed by atoms with Crippen LogP contribution in [-0.2, 0) is 11.8 Å². The molecule has 0 aliphatic carbocycles. The fourth-order valence-corrected chi connectivity index (χ4v) is 5.48. The lowest BCUT2D eigenvalue weighted by Crippen LogP contribution is -2.27. The number of halogens is 1. The van der Waals surface area contributed by atoms with Crippen LogP contribution in [0.2, 0.25) is 5.02 Å². The van der Waals surface area contributed by atoms with Crippen LogP contribution in [0.15, 0.2) is 78.4 Å². The molecule has 1 amide bonds. The number of pyridine rings is 1. The number of hydrogen-bond acceptors (Lipinski definition) is 7. The number of rotatable bonds is 3. The highest BCUT2D eigenvalue weighted by Crippen LogP contribution is 2.34. The van der Waals surface area contributed by atoms with Crippen molar-refractivity contribution in [2.75, 3.05) is 5.32 Å². The smallest absolute Gasteiger partial charge is 0.254 e. The Bertz CT molecular complexity index is 1800. The predicted octanol–water partition coefficient (Wildman–Crippen LogP) is 5.16. The standard InChI is InChI=1S/C30H27ClN8O2/c1-18-4-3-5-27(25-12-19(8-10-32-25)29-26(37-30(18)41)16-36-38(29)2)39-17-33-24(14-28(39)40)23-13-21(31)6-7-22(23)20-9-11-34-35-15-20/h6-18,27H,3-5H2,1-2H3,(H,37,41)/t18-,27+/m1/s1. The summed E-state index contributed by atoms with van der Waals surface area (Å²) in [6.45, 7) is 1.91. The first-order valence-electron chi connectivity index (χ1n) is 13.3. The molecule has 11 heteroatoms. The molecule has 0 saturated heterocycles. The van der Waals surface area contributed by atoms with E-state index in [9.17, 15) is 9.59 Å². The number of nitrogens with zero attached hydrogens (tertiary/aromatic N) is 7. The molecule has 0 radical (unpaired) electrons. The molecule has 6 rings (SSSR count). The SMILES string of the molecule is C[C@@H]1CCC[C@H](n2cnc(-c3cc(Cl)ccc3-c3ccnnc3)cc2=O)c2cc(ccn2)-c2c(cnn2C)NC1=O. The van der Waals surface area contributed by atoms with Crippen molar-refractivity contribution < 1.29 is 4.79 Å². The van der Waals surface area contributed by atoms with Crippen LogP contribution in [0.5, 0.6) is 0 Å². The zero-order valence-electron chi connectivity index (χ0n) is 22.5. The van der Waals surface area contributed by atoms with E-state index in [0.717, 1.165) is 33.6 Å². The van der Waals surface area contributed by atoms with Gasteiger partial charge in [0, 0.05) is 46.9 Å². The van der Waals surface area contributed by atoms with Gasteiger partial charge in [0.05, 0.1) is 53.7 Å². The molecule has 1 N–H and O–H groups in total. The summed E-state index contributed by atoms with van der Waals surface area (Å²) in [5.41, 5.74) is 5.67. The highest BCUT2D eigenvalue weighted by molar-refractivity contribution is 6.31. The number of benzene rings is 1. The fourth-order valence-electron chi connectivity index (χ4n) is 5.30. The van der Waals surface area contributed by atoms with Gasteiger partial charge in [-0.05, 0) is 48.7 Å². The van der Waals surface area contributed by atoms with Crippen LogP contribution in [0.1, 0.15) is 37.9 Å². The van der Waals surface area contributed by atoms with E-state index in [0.29, 0.717) is 35.7 Å². The molecule has 1 aliphatic heterocycles. The van der Waals surface area contributed by atoms with Crippen LogP contribution in [0.3, 0.4) is 0 Å². The van der Waals surface area contributed by atoms with Gasteiger partial charge >= 0.3 is 0 Å². The van der Waals surface area contributed by atoms with Crippen molar-refractivity contribution in [3.8, 4) is 33.6 Å². The summed E-state index contributed by atoms with van der Waals surface area (Å²) in [6.07, 6.45) is 10.2. The highest BCUT2D eigenvalue weighted by Gasteiger charge is 2.24. The van der Waals surface area contributed by atoms with E-state index in [4.69, 9.17) is 16.6 Å². The highest BCUT2D eigenvalue weighted by atomic mass is 35.5. The molecule has 2 atom stereocenters. The molecule has 0 fully saturated rings. The fraction of sp³-hybridized carbons (Fsp3) is 0.233. The maximum atomic E-state index is 13.7. The number of carbonyl (C=O) groups is 1. The maximum absolute atomic E-state index is 13.7. The molecule has 206 valence electrons. The van der Waals surface area contributed by atoms with Crippen LogP contribution < -0.4 is 10.9 Å². The lowest BCUT2D eigenvalue weighted by molar-refractivity contribution is -0.119. The molecule has 0 saturated carbocycles. The minimum atomic E-state index is -0.376. The summed E-state index contributed by atoms with van der Waals surface area (Å²) in [5.74, 6) is -0.272. The van der Waals surface area contributed by atoms with E-state index >= 15 is 0 Å². The van der Waals surface area contributed by atoms with Gasteiger partial charge in [0.25, 0.3) is 5.56 Å². The molecule has 10 nitrogen and oxygen atoms in total. The second-order valence-corrected chi connectivity index (χ2v) is 10.6. The molecular weight excluding hydrogens is 540 g/mol. The predicted molar refractivity (Wildman–Crippen MR) is 156 cm³/mol. The van der Waals surface area contributed by atoms with E-state index in [2.05, 4.69) is 25.6 Å². The van der Waals surface area contributed by atoms with E-state index in [1.54, 1.807) is 52.5 Å². The third-order valence-corrected chi connectivity index (χ3v) is 7.71. The quantitative estimate of drug-likeness (QED) is 0.320. The van der Waals surface area contributed by atoms with Gasteiger partial charge in [0.1, 0.15) is 0 Å². The summed E-state index contributed by atoms with van der Waals surface area (Å²) < 4.78 is 3.35. The second kappa shape index (κ2) is 11.1. The van der Waals surface area contributed by atoms with E-state index in [1.807, 2.05) is 38.2 Å². The van der Waals surface area contributed by atoms with Crippen LogP contribution in [-0.4, -0.2) is 40.4 Å². The van der Waals surface area contributed by atoms with Crippen molar-refractivity contribution in [2.24, 2.45) is 13.0 Å². The number of aromatic nitrogens is 7. The Hall–Kier alpha value is -4.70. The van der Waals surface area contributed by atoms with Gasteiger partial charge in [-0.2, -0.15) is 15.3 Å². The van der Waals surface area contributed by atoms with Gasteiger partial charge in [-0.1, -0.05) is 31.0 Å². The number of aryl methyl sites for hydroxylation is 1. The van der Waals surface area contributed by atoms with Gasteiger partial charge in [-0.25, -0.2) is 4.98 Å². The molecule has 1 aliphatic rings. The van der Waals surface area contributed by atoms with Crippen LogP contribution in [0.4, 0.5) is 5.69 Å². The number of amides is 1. The van der Waals surface area contributed by atoms with Crippen LogP contribution >= 0.6 is 11.6 Å². The monoisotopic (exact) mass is 566 g/mol. The number of fused-ring (bicyclic) bond motifs is 4. The first kappa shape index (κ1) is 26.5. The van der Waals surface area contributed by atoms with Gasteiger partial charge in [0.2, 0.25) is 5.91 Å². The number of nitrogens with one attached hydrogen (secondary N) is 1. The van der Waals surface area contributed by atoms with Crippen molar-refractivity contribution in [1.29, 1.82) is 0 Å². The average molecular weight is 567 g/mol. The summed E-state index contributed by atoms with van der Waals surface area (Å²) in [5, 5.41) is 15.8. The molecular formula is C30H27ClN8O2. The van der Waals surface area contributed by atoms with Crippen LogP contribution in [0.25, 0.3) is 33.6 Å². The third kappa shape index (κ3) is 5.26. The van der Waals surface area contributed by atoms with Gasteiger partial charge in [-0.3, -0.25) is 23.8 Å². The Morgan fingerprint density at radius 2 is 1.78 bits per heavy atom. The maximum Gasteiger partial charge on any atom is 0.254 e. The number of carbonyl (C=O) groups excluding carboxylic acids is 1. The van der Waals surface area contributed by atoms with Gasteiger partial charge < -0.3 is 5.32 Å². The normalized spacial score (nSPS) is 17.2. The largest absolute Gasteiger partial charge is 0.323 e. The first-order chi connectivity index (χ1) is 19.9. The Kier molecular flexibility index (Phi) is 7.15. The average Bonchev–Trinajstić information content (AvgIpc) is 3.34. The Balaban J connectivity index is 1.44. The first-order valence-corrected chi connectivity index (χ1v) is 13.7. The molecule has 41 heavy (non-hydrogen) atoms. The van der Waals surface area contributed by atoms with Gasteiger partial charge in [0.15, 0.2) is 0 Å². The summed E-state index contributed by atoms with van der Waals surface area (Å²) >= 11 is 6.35. The lowest BCUT2D eigenvalue weighted by Gasteiger charge is -2.22. The molecule has 1 aromatic carbocycles. The van der Waals surface area contributed by atoms with Crippen molar-refractivity contribution in [2.45, 2.75) is 32.2 Å². The Morgan fingerprint density at radius 3 is 2.59 bits per heavy atom. The van der Waals surface area contributed by atoms with Crippen LogP contribution in [0, 0.1) is 5.92 Å². The minimum absolute atomic E-state index is 0.0597. The van der Waals surface area contributed by atoms with Crippen molar-refractivity contribution >= 4 is 23.2 Å². The van der Waals surface area contributed by atoms with Crippen molar-refractivity contribution in [3.63, 3.8) is 0 Å². The zero-order valence-corrected chi connectivity index (χ0v) is 23.3. The minimum Gasteiger partial charge on any atom is -0.323 e. The van der Waals surface area contributed by atoms with E-state index in [1.165, 1.54) is 6.07 Å². The third-order valence-electron chi connectivity index (χ3n) is 7.48. The van der Waals surface area contributed by atoms with Gasteiger partial charge in [-0.15, -0.1) is 0 Å². The lowest BCUT2D eigenvalue weighted by atomic mass is 9.96. The Morgan fingerprint density at radius 1 is 0.927 bits per heavy atom. The van der Waals surface area contributed by atoms with E-state index < -0.39 is 0 Å². The second-order valence-electron chi connectivity index (χ2n) is 10.2. The topological polar surface area (TPSA) is 120 Å². The number of anilines is 1. The summed E-state index contributed by atoms with van der Waals surface area (Å²) in [7, 11) is 1.83. The Labute approximate surface area is 241 Å². The number of hydrogen-bond donors (Lipinski definition) is 1. The molecule has 4 aromatic heterocycles. The molecule has 5 heterocycles. The molecule has 0 spiro atoms. The molecule has 5 aromatic rings.